The molecule has 3 aromatic rings. The fraction of sp³-hybridized carbons (Fsp3) is 0.167. The molecule has 0 fully saturated rings. The Bertz CT molecular complexity index is 827. The molecule has 5 nitrogen and oxygen atoms in total. The van der Waals surface area contributed by atoms with Gasteiger partial charge in [-0.05, 0) is 19.1 Å². The van der Waals surface area contributed by atoms with Gasteiger partial charge in [0.15, 0.2) is 0 Å². The van der Waals surface area contributed by atoms with Crippen LogP contribution < -0.4 is 0 Å². The number of rotatable bonds is 1. The van der Waals surface area contributed by atoms with Gasteiger partial charge in [0, 0.05) is 11.9 Å². The standard InChI is InChI=1S/C12H7ClF3N5/c1-6-2-9(21-11(20-6)18-5-19-21)10-8(13)3-7(4-17-10)12(14,15)16/h2-5H,1H3. The maximum Gasteiger partial charge on any atom is 0.417 e. The van der Waals surface area contributed by atoms with Crippen LogP contribution in [0.3, 0.4) is 0 Å². The average Bonchev–Trinajstić information content (AvgIpc) is 2.84. The topological polar surface area (TPSA) is 56.0 Å². The van der Waals surface area contributed by atoms with Crippen LogP contribution in [0.2, 0.25) is 5.02 Å². The highest BCUT2D eigenvalue weighted by Gasteiger charge is 2.31. The summed E-state index contributed by atoms with van der Waals surface area (Å²) in [5.74, 6) is 0.322. The molecule has 0 aliphatic rings. The summed E-state index contributed by atoms with van der Waals surface area (Å²) in [5, 5.41) is 3.85. The first-order valence-electron chi connectivity index (χ1n) is 5.77. The minimum Gasteiger partial charge on any atom is -0.252 e. The lowest BCUT2D eigenvalue weighted by Crippen LogP contribution is -2.07. The maximum atomic E-state index is 12.6. The Balaban J connectivity index is 2.21. The number of nitrogens with zero attached hydrogens (tertiary/aromatic N) is 5. The number of halogens is 4. The highest BCUT2D eigenvalue weighted by molar-refractivity contribution is 6.33. The molecule has 0 aliphatic carbocycles. The lowest BCUT2D eigenvalue weighted by atomic mass is 10.2. The van der Waals surface area contributed by atoms with Crippen molar-refractivity contribution < 1.29 is 13.2 Å². The van der Waals surface area contributed by atoms with E-state index in [1.54, 1.807) is 13.0 Å². The van der Waals surface area contributed by atoms with Gasteiger partial charge in [0.2, 0.25) is 0 Å². The average molecular weight is 314 g/mol. The van der Waals surface area contributed by atoms with Gasteiger partial charge in [0.25, 0.3) is 5.78 Å². The van der Waals surface area contributed by atoms with E-state index < -0.39 is 11.7 Å². The van der Waals surface area contributed by atoms with Crippen LogP contribution in [-0.2, 0) is 6.18 Å². The Morgan fingerprint density at radius 2 is 1.95 bits per heavy atom. The van der Waals surface area contributed by atoms with E-state index in [-0.39, 0.29) is 10.7 Å². The van der Waals surface area contributed by atoms with E-state index >= 15 is 0 Å². The van der Waals surface area contributed by atoms with Gasteiger partial charge in [-0.2, -0.15) is 27.8 Å². The molecule has 0 radical (unpaired) electrons. The highest BCUT2D eigenvalue weighted by Crippen LogP contribution is 2.33. The van der Waals surface area contributed by atoms with Crippen molar-refractivity contribution >= 4 is 17.4 Å². The summed E-state index contributed by atoms with van der Waals surface area (Å²) in [7, 11) is 0. The van der Waals surface area contributed by atoms with Crippen molar-refractivity contribution in [3.8, 4) is 11.4 Å². The molecule has 0 bridgehead atoms. The first kappa shape index (κ1) is 13.7. The van der Waals surface area contributed by atoms with Crippen LogP contribution in [0.15, 0.2) is 24.7 Å². The van der Waals surface area contributed by atoms with Crippen LogP contribution in [0.25, 0.3) is 17.2 Å². The third kappa shape index (κ3) is 2.42. The third-order valence-corrected chi connectivity index (χ3v) is 3.08. The molecule has 108 valence electrons. The largest absolute Gasteiger partial charge is 0.417 e. The van der Waals surface area contributed by atoms with Crippen molar-refractivity contribution in [3.63, 3.8) is 0 Å². The fourth-order valence-corrected chi connectivity index (χ4v) is 2.14. The number of aryl methyl sites for hydroxylation is 1. The number of alkyl halides is 3. The van der Waals surface area contributed by atoms with E-state index in [0.29, 0.717) is 17.2 Å². The molecule has 0 atom stereocenters. The number of aromatic nitrogens is 5. The number of fused-ring (bicyclic) bond motifs is 1. The number of hydrogen-bond donors (Lipinski definition) is 0. The Morgan fingerprint density at radius 1 is 1.19 bits per heavy atom. The van der Waals surface area contributed by atoms with E-state index in [2.05, 4.69) is 20.1 Å². The maximum absolute atomic E-state index is 12.6. The normalized spacial score (nSPS) is 12.0. The minimum atomic E-state index is -4.49. The van der Waals surface area contributed by atoms with Crippen molar-refractivity contribution in [2.75, 3.05) is 0 Å². The van der Waals surface area contributed by atoms with E-state index in [4.69, 9.17) is 11.6 Å². The van der Waals surface area contributed by atoms with Crippen LogP contribution in [0.1, 0.15) is 11.3 Å². The monoisotopic (exact) mass is 313 g/mol. The molecule has 0 saturated carbocycles. The lowest BCUT2D eigenvalue weighted by molar-refractivity contribution is -0.137. The molecular weight excluding hydrogens is 307 g/mol. The Morgan fingerprint density at radius 3 is 2.62 bits per heavy atom. The molecule has 9 heteroatoms. The molecule has 21 heavy (non-hydrogen) atoms. The molecule has 3 aromatic heterocycles. The molecule has 3 heterocycles. The number of pyridine rings is 1. The van der Waals surface area contributed by atoms with Crippen molar-refractivity contribution in [2.24, 2.45) is 0 Å². The van der Waals surface area contributed by atoms with Gasteiger partial charge in [-0.1, -0.05) is 11.6 Å². The van der Waals surface area contributed by atoms with E-state index in [0.717, 1.165) is 12.3 Å². The van der Waals surface area contributed by atoms with E-state index in [9.17, 15) is 13.2 Å². The van der Waals surface area contributed by atoms with Crippen LogP contribution in [0.4, 0.5) is 13.2 Å². The van der Waals surface area contributed by atoms with Crippen LogP contribution >= 0.6 is 11.6 Å². The summed E-state index contributed by atoms with van der Waals surface area (Å²) in [4.78, 5) is 11.9. The SMILES string of the molecule is Cc1cc(-c2ncc(C(F)(F)F)cc2Cl)n2ncnc2n1. The van der Waals surface area contributed by atoms with Crippen molar-refractivity contribution in [3.05, 3.63) is 40.9 Å². The van der Waals surface area contributed by atoms with Gasteiger partial charge < -0.3 is 0 Å². The van der Waals surface area contributed by atoms with E-state index in [1.165, 1.54) is 10.8 Å². The summed E-state index contributed by atoms with van der Waals surface area (Å²) in [5.41, 5.74) is 0.333. The summed E-state index contributed by atoms with van der Waals surface area (Å²) in [6.45, 7) is 1.73. The van der Waals surface area contributed by atoms with E-state index in [1.807, 2.05) is 0 Å². The Hall–Kier alpha value is -2.22. The second-order valence-corrected chi connectivity index (χ2v) is 4.71. The van der Waals surface area contributed by atoms with Gasteiger partial charge in [0.05, 0.1) is 16.3 Å². The first-order chi connectivity index (χ1) is 9.86. The molecule has 0 spiro atoms. The van der Waals surface area contributed by atoms with Crippen molar-refractivity contribution in [1.29, 1.82) is 0 Å². The first-order valence-corrected chi connectivity index (χ1v) is 6.14. The summed E-state index contributed by atoms with van der Waals surface area (Å²) in [6.07, 6.45) is -2.46. The highest BCUT2D eigenvalue weighted by atomic mass is 35.5. The van der Waals surface area contributed by atoms with Crippen LogP contribution in [0.5, 0.6) is 0 Å². The summed E-state index contributed by atoms with van der Waals surface area (Å²) < 4.78 is 39.3. The van der Waals surface area contributed by atoms with Gasteiger partial charge in [-0.25, -0.2) is 4.98 Å². The van der Waals surface area contributed by atoms with Crippen molar-refractivity contribution in [2.45, 2.75) is 13.1 Å². The predicted molar refractivity (Wildman–Crippen MR) is 68.8 cm³/mol. The minimum absolute atomic E-state index is 0.118. The molecule has 0 aromatic carbocycles. The van der Waals surface area contributed by atoms with Gasteiger partial charge >= 0.3 is 6.18 Å². The fourth-order valence-electron chi connectivity index (χ4n) is 1.88. The van der Waals surface area contributed by atoms with Crippen LogP contribution in [-0.4, -0.2) is 24.6 Å². The zero-order chi connectivity index (χ0) is 15.2. The van der Waals surface area contributed by atoms with Crippen molar-refractivity contribution in [1.82, 2.24) is 24.6 Å². The lowest BCUT2D eigenvalue weighted by Gasteiger charge is -2.10. The predicted octanol–water partition coefficient (Wildman–Crippen LogP) is 3.17. The molecule has 3 rings (SSSR count). The Labute approximate surface area is 121 Å². The third-order valence-electron chi connectivity index (χ3n) is 2.79. The summed E-state index contributed by atoms with van der Waals surface area (Å²) in [6, 6.07) is 2.46. The molecule has 0 unspecified atom stereocenters. The zero-order valence-corrected chi connectivity index (χ0v) is 11.3. The summed E-state index contributed by atoms with van der Waals surface area (Å²) >= 11 is 5.95. The second-order valence-electron chi connectivity index (χ2n) is 4.31. The second kappa shape index (κ2) is 4.66. The zero-order valence-electron chi connectivity index (χ0n) is 10.6. The smallest absolute Gasteiger partial charge is 0.252 e. The molecule has 0 aliphatic heterocycles. The molecule has 0 N–H and O–H groups in total. The van der Waals surface area contributed by atoms with Crippen LogP contribution in [0, 0.1) is 6.92 Å². The number of hydrogen-bond acceptors (Lipinski definition) is 4. The van der Waals surface area contributed by atoms with Gasteiger partial charge in [0.1, 0.15) is 12.0 Å². The quantitative estimate of drug-likeness (QED) is 0.692. The molecule has 0 amide bonds. The molecule has 0 saturated heterocycles. The molecular formula is C12H7ClF3N5. The van der Waals surface area contributed by atoms with Gasteiger partial charge in [-0.3, -0.25) is 4.98 Å². The van der Waals surface area contributed by atoms with Gasteiger partial charge in [-0.15, -0.1) is 0 Å². The Kier molecular flexibility index (Phi) is 3.05.